The maximum atomic E-state index is 14.7. The van der Waals surface area contributed by atoms with Crippen molar-refractivity contribution >= 4 is 30.9 Å². The highest BCUT2D eigenvalue weighted by Crippen LogP contribution is 2.34. The van der Waals surface area contributed by atoms with Gasteiger partial charge in [0.2, 0.25) is 0 Å². The summed E-state index contributed by atoms with van der Waals surface area (Å²) in [5, 5.41) is 3.34. The Kier molecular flexibility index (Phi) is 7.54. The lowest BCUT2D eigenvalue weighted by molar-refractivity contribution is -0.122. The van der Waals surface area contributed by atoms with Crippen molar-refractivity contribution in [2.24, 2.45) is 0 Å². The van der Waals surface area contributed by atoms with E-state index in [9.17, 15) is 22.8 Å². The summed E-state index contributed by atoms with van der Waals surface area (Å²) in [5.74, 6) is -1.00. The lowest BCUT2D eigenvalue weighted by Gasteiger charge is -2.37. The predicted molar refractivity (Wildman–Crippen MR) is 130 cm³/mol. The fourth-order valence-corrected chi connectivity index (χ4v) is 5.36. The van der Waals surface area contributed by atoms with E-state index >= 15 is 0 Å². The molecule has 1 N–H and O–H groups in total. The molecule has 1 atom stereocenters. The van der Waals surface area contributed by atoms with Crippen LogP contribution >= 0.6 is 0 Å². The fraction of sp³-hybridized carbons (Fsp3) is 0.440. The number of alkyl halides is 2. The maximum Gasteiger partial charge on any atom is 0.411 e. The molecular formula is C25H31F3N2O4Si. The first-order valence-electron chi connectivity index (χ1n) is 11.3. The number of ether oxygens (including phenoxy) is 2. The summed E-state index contributed by atoms with van der Waals surface area (Å²) < 4.78 is 50.1. The predicted octanol–water partition coefficient (Wildman–Crippen LogP) is 5.45. The van der Waals surface area contributed by atoms with E-state index in [1.807, 2.05) is 19.6 Å². The monoisotopic (exact) mass is 508 g/mol. The molecule has 190 valence electrons. The molecule has 10 heteroatoms. The molecule has 1 aliphatic rings. The van der Waals surface area contributed by atoms with Crippen LogP contribution in [0.25, 0.3) is 0 Å². The highest BCUT2D eigenvalue weighted by Gasteiger charge is 2.38. The molecule has 2 amide bonds. The number of halogens is 3. The van der Waals surface area contributed by atoms with Crippen molar-refractivity contribution in [1.29, 1.82) is 0 Å². The van der Waals surface area contributed by atoms with Gasteiger partial charge < -0.3 is 14.8 Å². The minimum absolute atomic E-state index is 0.0346. The van der Waals surface area contributed by atoms with Crippen LogP contribution in [0.4, 0.5) is 23.7 Å². The van der Waals surface area contributed by atoms with E-state index in [-0.39, 0.29) is 18.0 Å². The van der Waals surface area contributed by atoms with E-state index < -0.39 is 44.1 Å². The van der Waals surface area contributed by atoms with Crippen LogP contribution in [0.3, 0.4) is 0 Å². The maximum absolute atomic E-state index is 14.7. The van der Waals surface area contributed by atoms with Crippen LogP contribution in [0.5, 0.6) is 5.75 Å². The molecule has 1 unspecified atom stereocenters. The quantitative estimate of drug-likeness (QED) is 0.546. The van der Waals surface area contributed by atoms with Crippen molar-refractivity contribution in [1.82, 2.24) is 4.90 Å². The summed E-state index contributed by atoms with van der Waals surface area (Å²) in [5.41, 5.74) is 0.524. The van der Waals surface area contributed by atoms with Gasteiger partial charge in [-0.2, -0.15) is 8.78 Å². The number of fused-ring (bicyclic) bond motifs is 1. The van der Waals surface area contributed by atoms with Crippen LogP contribution in [-0.2, 0) is 16.0 Å². The highest BCUT2D eigenvalue weighted by molar-refractivity contribution is 6.88. The topological polar surface area (TPSA) is 67.9 Å². The first-order chi connectivity index (χ1) is 16.2. The van der Waals surface area contributed by atoms with Gasteiger partial charge in [-0.05, 0) is 67.8 Å². The second-order valence-corrected chi connectivity index (χ2v) is 15.5. The van der Waals surface area contributed by atoms with Crippen LogP contribution in [0.2, 0.25) is 19.6 Å². The van der Waals surface area contributed by atoms with E-state index in [1.54, 1.807) is 32.9 Å². The van der Waals surface area contributed by atoms with Crippen molar-refractivity contribution in [3.63, 3.8) is 0 Å². The molecule has 2 aromatic rings. The Hall–Kier alpha value is -3.01. The van der Waals surface area contributed by atoms with Crippen LogP contribution in [0.15, 0.2) is 36.4 Å². The minimum Gasteiger partial charge on any atom is -0.444 e. The second-order valence-electron chi connectivity index (χ2n) is 10.5. The summed E-state index contributed by atoms with van der Waals surface area (Å²) in [7, 11) is -1.91. The largest absolute Gasteiger partial charge is 0.444 e. The fourth-order valence-electron chi connectivity index (χ4n) is 3.99. The first-order valence-corrected chi connectivity index (χ1v) is 14.8. The van der Waals surface area contributed by atoms with E-state index in [0.29, 0.717) is 22.7 Å². The van der Waals surface area contributed by atoms with Crippen molar-refractivity contribution in [3.05, 3.63) is 53.3 Å². The normalized spacial score (nSPS) is 16.1. The van der Waals surface area contributed by atoms with Crippen LogP contribution in [0, 0.1) is 5.82 Å². The van der Waals surface area contributed by atoms with Crippen molar-refractivity contribution in [2.45, 2.75) is 65.1 Å². The number of rotatable bonds is 5. The van der Waals surface area contributed by atoms with Crippen molar-refractivity contribution in [3.8, 4) is 5.75 Å². The average Bonchev–Trinajstić information content (AvgIpc) is 2.70. The van der Waals surface area contributed by atoms with Gasteiger partial charge in [0.25, 0.3) is 5.91 Å². The summed E-state index contributed by atoms with van der Waals surface area (Å²) in [6, 6.07) is 7.73. The Bertz CT molecular complexity index is 1110. The third-order valence-corrected chi connectivity index (χ3v) is 7.51. The van der Waals surface area contributed by atoms with E-state index in [2.05, 4.69) is 10.1 Å². The molecule has 0 radical (unpaired) electrons. The molecule has 0 fully saturated rings. The first kappa shape index (κ1) is 26.6. The van der Waals surface area contributed by atoms with E-state index in [1.165, 1.54) is 29.2 Å². The van der Waals surface area contributed by atoms with Gasteiger partial charge in [-0.15, -0.1) is 0 Å². The number of hydrogen-bond acceptors (Lipinski definition) is 4. The number of carbonyl (C=O) groups is 2. The summed E-state index contributed by atoms with van der Waals surface area (Å²) in [6.45, 7) is 8.36. The zero-order valence-corrected chi connectivity index (χ0v) is 21.7. The van der Waals surface area contributed by atoms with E-state index in [0.717, 1.165) is 0 Å². The minimum atomic E-state index is -2.98. The third kappa shape index (κ3) is 6.56. The third-order valence-electron chi connectivity index (χ3n) is 5.49. The number of benzene rings is 2. The second kappa shape index (κ2) is 9.92. The van der Waals surface area contributed by atoms with Crippen molar-refractivity contribution in [2.75, 3.05) is 11.9 Å². The molecule has 0 saturated heterocycles. The Morgan fingerprint density at radius 2 is 1.80 bits per heavy atom. The number of hydrogen-bond donors (Lipinski definition) is 1. The lowest BCUT2D eigenvalue weighted by Crippen LogP contribution is -2.47. The molecule has 1 aliphatic heterocycles. The highest BCUT2D eigenvalue weighted by atomic mass is 28.3. The van der Waals surface area contributed by atoms with Crippen LogP contribution < -0.4 is 15.2 Å². The SMILES string of the molecule is CC(C)(C)OC(=O)N1CCc2cc(OC(F)F)ccc2C1C(=O)Nc1ccc([Si](C)(C)C)c(F)c1. The zero-order valence-electron chi connectivity index (χ0n) is 20.7. The molecule has 0 aliphatic carbocycles. The summed E-state index contributed by atoms with van der Waals surface area (Å²) >= 11 is 0. The van der Waals surface area contributed by atoms with Gasteiger partial charge in [0.05, 0.1) is 8.07 Å². The summed E-state index contributed by atoms with van der Waals surface area (Å²) in [4.78, 5) is 27.7. The van der Waals surface area contributed by atoms with Crippen LogP contribution in [-0.4, -0.2) is 43.7 Å². The molecule has 1 heterocycles. The molecular weight excluding hydrogens is 477 g/mol. The number of anilines is 1. The Morgan fingerprint density at radius 1 is 1.11 bits per heavy atom. The van der Waals surface area contributed by atoms with Gasteiger partial charge in [-0.25, -0.2) is 9.18 Å². The van der Waals surface area contributed by atoms with Gasteiger partial charge in [-0.1, -0.05) is 31.8 Å². The molecule has 2 aromatic carbocycles. The Labute approximate surface area is 204 Å². The number of amides is 2. The summed E-state index contributed by atoms with van der Waals surface area (Å²) in [6.07, 6.45) is -0.366. The van der Waals surface area contributed by atoms with Crippen LogP contribution in [0.1, 0.15) is 37.9 Å². The zero-order chi connectivity index (χ0) is 26.1. The van der Waals surface area contributed by atoms with Crippen molar-refractivity contribution < 1.29 is 32.2 Å². The Balaban J connectivity index is 1.96. The average molecular weight is 509 g/mol. The molecule has 35 heavy (non-hydrogen) atoms. The van der Waals surface area contributed by atoms with Gasteiger partial charge in [0.15, 0.2) is 0 Å². The number of nitrogens with one attached hydrogen (secondary N) is 1. The van der Waals surface area contributed by atoms with Gasteiger partial charge >= 0.3 is 12.7 Å². The standard InChI is InChI=1S/C25H31F3N2O4Si/c1-25(2,3)34-24(32)30-12-11-15-13-17(33-23(27)28)8-9-18(15)21(30)22(31)29-16-7-10-20(19(26)14-16)35(4,5)6/h7-10,13-14,21,23H,11-12H2,1-6H3,(H,29,31). The van der Waals surface area contributed by atoms with Gasteiger partial charge in [-0.3, -0.25) is 9.69 Å². The number of carbonyl (C=O) groups excluding carboxylic acids is 2. The molecule has 0 spiro atoms. The Morgan fingerprint density at radius 3 is 2.37 bits per heavy atom. The lowest BCUT2D eigenvalue weighted by atomic mass is 9.92. The molecule has 0 bridgehead atoms. The van der Waals surface area contributed by atoms with E-state index in [4.69, 9.17) is 4.74 Å². The molecule has 6 nitrogen and oxygen atoms in total. The molecule has 0 saturated carbocycles. The smallest absolute Gasteiger partial charge is 0.411 e. The van der Waals surface area contributed by atoms with Gasteiger partial charge in [0, 0.05) is 12.2 Å². The molecule has 0 aromatic heterocycles. The van der Waals surface area contributed by atoms with Gasteiger partial charge in [0.1, 0.15) is 23.2 Å². The molecule has 3 rings (SSSR count). The number of nitrogens with zero attached hydrogens (tertiary/aromatic N) is 1.